The fourth-order valence-corrected chi connectivity index (χ4v) is 2.26. The lowest BCUT2D eigenvalue weighted by Gasteiger charge is -2.11. The van der Waals surface area contributed by atoms with Crippen molar-refractivity contribution in [2.45, 2.75) is 19.3 Å². The number of benzene rings is 1. The quantitative estimate of drug-likeness (QED) is 0.522. The van der Waals surface area contributed by atoms with E-state index in [-0.39, 0.29) is 12.7 Å². The number of nitrogens with zero attached hydrogens (tertiary/aromatic N) is 1. The molecule has 1 aromatic carbocycles. The van der Waals surface area contributed by atoms with Gasteiger partial charge in [-0.25, -0.2) is 5.43 Å². The van der Waals surface area contributed by atoms with Crippen LogP contribution in [0.15, 0.2) is 35.5 Å². The second-order valence-corrected chi connectivity index (χ2v) is 4.83. The lowest BCUT2D eigenvalue weighted by molar-refractivity contribution is 0.0954. The number of hydrogen-bond donors (Lipinski definition) is 1. The molecule has 5 heteroatoms. The first-order valence-electron chi connectivity index (χ1n) is 6.71. The molecule has 104 valence electrons. The van der Waals surface area contributed by atoms with Crippen LogP contribution in [0.25, 0.3) is 0 Å². The molecule has 1 N–H and O–H groups in total. The van der Waals surface area contributed by atoms with Gasteiger partial charge in [0, 0.05) is 11.8 Å². The standard InChI is InChI=1S/C15H16N2O3/c18-15(17-16-9-11-4-2-1-3-5-11)12-6-7-13-14(8-12)20-10-19-13/h1-2,6-9,11H,3-5,10H2,(H,17,18). The van der Waals surface area contributed by atoms with Crippen molar-refractivity contribution in [2.75, 3.05) is 6.79 Å². The van der Waals surface area contributed by atoms with Crippen molar-refractivity contribution in [3.05, 3.63) is 35.9 Å². The molecule has 1 amide bonds. The maximum absolute atomic E-state index is 12.0. The van der Waals surface area contributed by atoms with Crippen molar-refractivity contribution in [1.82, 2.24) is 5.43 Å². The molecule has 0 spiro atoms. The van der Waals surface area contributed by atoms with E-state index in [0.717, 1.165) is 19.3 Å². The molecule has 0 aromatic heterocycles. The number of rotatable bonds is 3. The summed E-state index contributed by atoms with van der Waals surface area (Å²) in [6.07, 6.45) is 9.29. The van der Waals surface area contributed by atoms with Crippen LogP contribution in [0, 0.1) is 5.92 Å². The molecule has 0 bridgehead atoms. The number of fused-ring (bicyclic) bond motifs is 1. The van der Waals surface area contributed by atoms with Crippen LogP contribution < -0.4 is 14.9 Å². The molecule has 0 saturated carbocycles. The van der Waals surface area contributed by atoms with Crippen LogP contribution in [-0.2, 0) is 0 Å². The van der Waals surface area contributed by atoms with Gasteiger partial charge in [-0.1, -0.05) is 12.2 Å². The number of carbonyl (C=O) groups is 1. The summed E-state index contributed by atoms with van der Waals surface area (Å²) in [6.45, 7) is 0.202. The zero-order valence-electron chi connectivity index (χ0n) is 11.0. The minimum absolute atomic E-state index is 0.202. The summed E-state index contributed by atoms with van der Waals surface area (Å²) in [5.74, 6) is 1.43. The Morgan fingerprint density at radius 1 is 1.30 bits per heavy atom. The Bertz CT molecular complexity index is 566. The fourth-order valence-electron chi connectivity index (χ4n) is 2.26. The Morgan fingerprint density at radius 2 is 2.20 bits per heavy atom. The van der Waals surface area contributed by atoms with E-state index in [2.05, 4.69) is 22.7 Å². The monoisotopic (exact) mass is 272 g/mol. The summed E-state index contributed by atoms with van der Waals surface area (Å²) in [6, 6.07) is 5.09. The summed E-state index contributed by atoms with van der Waals surface area (Å²) in [7, 11) is 0. The topological polar surface area (TPSA) is 59.9 Å². The Balaban J connectivity index is 1.59. The zero-order valence-corrected chi connectivity index (χ0v) is 11.0. The molecule has 0 radical (unpaired) electrons. The van der Waals surface area contributed by atoms with Gasteiger partial charge in [-0.2, -0.15) is 5.10 Å². The van der Waals surface area contributed by atoms with Crippen LogP contribution in [0.2, 0.25) is 0 Å². The van der Waals surface area contributed by atoms with E-state index in [1.54, 1.807) is 18.2 Å². The van der Waals surface area contributed by atoms with Gasteiger partial charge >= 0.3 is 0 Å². The largest absolute Gasteiger partial charge is 0.454 e. The van der Waals surface area contributed by atoms with E-state index in [1.807, 2.05) is 6.21 Å². The van der Waals surface area contributed by atoms with E-state index < -0.39 is 0 Å². The van der Waals surface area contributed by atoms with Crippen LogP contribution in [0.1, 0.15) is 29.6 Å². The van der Waals surface area contributed by atoms with E-state index in [1.165, 1.54) is 0 Å². The number of ether oxygens (including phenoxy) is 2. The smallest absolute Gasteiger partial charge is 0.271 e. The summed E-state index contributed by atoms with van der Waals surface area (Å²) < 4.78 is 10.4. The Morgan fingerprint density at radius 3 is 3.05 bits per heavy atom. The van der Waals surface area contributed by atoms with Gasteiger partial charge in [-0.3, -0.25) is 4.79 Å². The predicted molar refractivity (Wildman–Crippen MR) is 75.0 cm³/mol. The first kappa shape index (κ1) is 12.7. The molecule has 1 atom stereocenters. The van der Waals surface area contributed by atoms with Gasteiger partial charge < -0.3 is 9.47 Å². The first-order valence-corrected chi connectivity index (χ1v) is 6.71. The third-order valence-electron chi connectivity index (χ3n) is 3.40. The van der Waals surface area contributed by atoms with E-state index in [9.17, 15) is 4.79 Å². The lowest BCUT2D eigenvalue weighted by Crippen LogP contribution is -2.18. The molecule has 1 heterocycles. The van der Waals surface area contributed by atoms with E-state index in [0.29, 0.717) is 23.0 Å². The van der Waals surface area contributed by atoms with Crippen LogP contribution in [0.3, 0.4) is 0 Å². The maximum atomic E-state index is 12.0. The van der Waals surface area contributed by atoms with Gasteiger partial charge in [0.15, 0.2) is 11.5 Å². The average molecular weight is 272 g/mol. The lowest BCUT2D eigenvalue weighted by atomic mass is 9.96. The molecule has 1 aromatic rings. The van der Waals surface area contributed by atoms with Crippen LogP contribution in [-0.4, -0.2) is 18.9 Å². The molecule has 2 aliphatic rings. The number of hydrogen-bond acceptors (Lipinski definition) is 4. The molecular weight excluding hydrogens is 256 g/mol. The third-order valence-corrected chi connectivity index (χ3v) is 3.40. The molecule has 1 aliphatic carbocycles. The van der Waals surface area contributed by atoms with Gasteiger partial charge in [-0.05, 0) is 43.4 Å². The van der Waals surface area contributed by atoms with Gasteiger partial charge in [0.1, 0.15) is 0 Å². The number of amides is 1. The SMILES string of the molecule is O=C(NN=CC1CC=CCC1)c1ccc2c(c1)OCO2. The molecule has 0 fully saturated rings. The van der Waals surface area contributed by atoms with Crippen molar-refractivity contribution in [3.8, 4) is 11.5 Å². The average Bonchev–Trinajstić information content (AvgIpc) is 2.95. The molecule has 5 nitrogen and oxygen atoms in total. The summed E-state index contributed by atoms with van der Waals surface area (Å²) in [5.41, 5.74) is 3.06. The minimum Gasteiger partial charge on any atom is -0.454 e. The Labute approximate surface area is 117 Å². The predicted octanol–water partition coefficient (Wildman–Crippen LogP) is 2.49. The van der Waals surface area contributed by atoms with Crippen molar-refractivity contribution >= 4 is 12.1 Å². The fraction of sp³-hybridized carbons (Fsp3) is 0.333. The number of allylic oxidation sites excluding steroid dienone is 2. The second kappa shape index (κ2) is 5.77. The third kappa shape index (κ3) is 2.82. The molecule has 20 heavy (non-hydrogen) atoms. The number of hydrazone groups is 1. The molecule has 1 aliphatic heterocycles. The molecule has 1 unspecified atom stereocenters. The maximum Gasteiger partial charge on any atom is 0.271 e. The van der Waals surface area contributed by atoms with Crippen LogP contribution >= 0.6 is 0 Å². The van der Waals surface area contributed by atoms with E-state index >= 15 is 0 Å². The highest BCUT2D eigenvalue weighted by Gasteiger charge is 2.16. The normalized spacial score (nSPS) is 20.3. The summed E-state index contributed by atoms with van der Waals surface area (Å²) >= 11 is 0. The second-order valence-electron chi connectivity index (χ2n) is 4.83. The first-order chi connectivity index (χ1) is 9.83. The van der Waals surface area contributed by atoms with E-state index in [4.69, 9.17) is 9.47 Å². The van der Waals surface area contributed by atoms with Gasteiger partial charge in [0.05, 0.1) is 0 Å². The highest BCUT2D eigenvalue weighted by molar-refractivity contribution is 5.95. The van der Waals surface area contributed by atoms with Crippen LogP contribution in [0.5, 0.6) is 11.5 Å². The summed E-state index contributed by atoms with van der Waals surface area (Å²) in [4.78, 5) is 12.0. The zero-order chi connectivity index (χ0) is 13.8. The van der Waals surface area contributed by atoms with Gasteiger partial charge in [0.2, 0.25) is 6.79 Å². The number of carbonyl (C=O) groups excluding carboxylic acids is 1. The van der Waals surface area contributed by atoms with Crippen molar-refractivity contribution in [2.24, 2.45) is 11.0 Å². The number of nitrogens with one attached hydrogen (secondary N) is 1. The molecule has 3 rings (SSSR count). The summed E-state index contributed by atoms with van der Waals surface area (Å²) in [5, 5.41) is 4.03. The van der Waals surface area contributed by atoms with Crippen LogP contribution in [0.4, 0.5) is 0 Å². The van der Waals surface area contributed by atoms with Gasteiger partial charge in [0.25, 0.3) is 5.91 Å². The van der Waals surface area contributed by atoms with Crippen molar-refractivity contribution in [1.29, 1.82) is 0 Å². The van der Waals surface area contributed by atoms with Crippen molar-refractivity contribution in [3.63, 3.8) is 0 Å². The highest BCUT2D eigenvalue weighted by Crippen LogP contribution is 2.32. The molecule has 0 saturated heterocycles. The minimum atomic E-state index is -0.245. The Hall–Kier alpha value is -2.30. The Kier molecular flexibility index (Phi) is 3.67. The highest BCUT2D eigenvalue weighted by atomic mass is 16.7. The van der Waals surface area contributed by atoms with Crippen molar-refractivity contribution < 1.29 is 14.3 Å². The van der Waals surface area contributed by atoms with Gasteiger partial charge in [-0.15, -0.1) is 0 Å². The molecular formula is C15H16N2O3.